The van der Waals surface area contributed by atoms with Crippen LogP contribution in [0.2, 0.25) is 0 Å². The number of aliphatic hydroxyl groups excluding tert-OH is 1. The first kappa shape index (κ1) is 13.3. The molecule has 1 saturated heterocycles. The SMILES string of the molecule is COC12C[C@@H](O)CN(C)[C@@H]1Cc1cn(C)c3cccc2c13. The molecular formula is C17H22N2O2. The Morgan fingerprint density at radius 2 is 2.14 bits per heavy atom. The van der Waals surface area contributed by atoms with Crippen molar-refractivity contribution >= 4 is 10.9 Å². The van der Waals surface area contributed by atoms with Gasteiger partial charge in [0.1, 0.15) is 5.60 Å². The zero-order chi connectivity index (χ0) is 14.8. The van der Waals surface area contributed by atoms with Gasteiger partial charge in [-0.3, -0.25) is 4.90 Å². The molecule has 3 atom stereocenters. The predicted octanol–water partition coefficient (Wildman–Crippen LogP) is 1.64. The lowest BCUT2D eigenvalue weighted by atomic mass is 9.70. The number of aliphatic hydroxyl groups is 1. The molecule has 1 fully saturated rings. The zero-order valence-electron chi connectivity index (χ0n) is 12.8. The standard InChI is InChI=1S/C17H22N2O2/c1-18-9-11-7-15-17(21-3,8-12(20)10-19(15)2)13-5-4-6-14(18)16(11)13/h4-6,9,12,15,20H,7-8,10H2,1-3H3/t12-,15-,17?/m1/s1. The number of nitrogens with zero attached hydrogens (tertiary/aromatic N) is 2. The van der Waals surface area contributed by atoms with Crippen LogP contribution in [0.1, 0.15) is 17.5 Å². The van der Waals surface area contributed by atoms with Crippen LogP contribution >= 0.6 is 0 Å². The number of rotatable bonds is 1. The third kappa shape index (κ3) is 1.61. The fourth-order valence-corrected chi connectivity index (χ4v) is 4.56. The maximum Gasteiger partial charge on any atom is 0.112 e. The van der Waals surface area contributed by atoms with E-state index in [1.807, 2.05) is 0 Å². The molecule has 0 spiro atoms. The number of likely N-dealkylation sites (tertiary alicyclic amines) is 1. The van der Waals surface area contributed by atoms with Gasteiger partial charge in [-0.05, 0) is 30.7 Å². The molecule has 4 rings (SSSR count). The Morgan fingerprint density at radius 3 is 2.90 bits per heavy atom. The highest BCUT2D eigenvalue weighted by Gasteiger charge is 2.51. The number of fused-ring (bicyclic) bond motifs is 2. The Morgan fingerprint density at radius 1 is 1.33 bits per heavy atom. The van der Waals surface area contributed by atoms with E-state index in [-0.39, 0.29) is 12.1 Å². The van der Waals surface area contributed by atoms with Gasteiger partial charge in [-0.2, -0.15) is 0 Å². The molecule has 21 heavy (non-hydrogen) atoms. The molecule has 1 N–H and O–H groups in total. The summed E-state index contributed by atoms with van der Waals surface area (Å²) in [5.41, 5.74) is 3.48. The Hall–Kier alpha value is -1.36. The summed E-state index contributed by atoms with van der Waals surface area (Å²) in [6, 6.07) is 6.72. The van der Waals surface area contributed by atoms with Crippen molar-refractivity contribution in [3.8, 4) is 0 Å². The highest BCUT2D eigenvalue weighted by molar-refractivity contribution is 5.89. The van der Waals surface area contributed by atoms with Crippen LogP contribution in [0.5, 0.6) is 0 Å². The summed E-state index contributed by atoms with van der Waals surface area (Å²) in [6.45, 7) is 0.716. The van der Waals surface area contributed by atoms with Crippen molar-refractivity contribution in [3.63, 3.8) is 0 Å². The second kappa shape index (κ2) is 4.32. The molecule has 0 saturated carbocycles. The van der Waals surface area contributed by atoms with Gasteiger partial charge in [-0.1, -0.05) is 12.1 Å². The van der Waals surface area contributed by atoms with Gasteiger partial charge >= 0.3 is 0 Å². The molecule has 0 bridgehead atoms. The Kier molecular flexibility index (Phi) is 2.74. The summed E-state index contributed by atoms with van der Waals surface area (Å²) in [4.78, 5) is 2.26. The van der Waals surface area contributed by atoms with E-state index in [1.165, 1.54) is 22.0 Å². The number of piperidine rings is 1. The van der Waals surface area contributed by atoms with Gasteiger partial charge in [-0.15, -0.1) is 0 Å². The van der Waals surface area contributed by atoms with E-state index in [0.717, 1.165) is 6.42 Å². The fraction of sp³-hybridized carbons (Fsp3) is 0.529. The predicted molar refractivity (Wildman–Crippen MR) is 82.4 cm³/mol. The van der Waals surface area contributed by atoms with Crippen LogP contribution in [-0.4, -0.2) is 47.4 Å². The highest BCUT2D eigenvalue weighted by Crippen LogP contribution is 2.48. The molecule has 1 aromatic carbocycles. The number of benzene rings is 1. The second-order valence-electron chi connectivity index (χ2n) is 6.58. The van der Waals surface area contributed by atoms with Gasteiger partial charge in [0.05, 0.1) is 6.10 Å². The molecule has 4 heteroatoms. The Labute approximate surface area is 124 Å². The number of ether oxygens (including phenoxy) is 1. The minimum atomic E-state index is -0.402. The number of aryl methyl sites for hydroxylation is 1. The largest absolute Gasteiger partial charge is 0.392 e. The smallest absolute Gasteiger partial charge is 0.112 e. The lowest BCUT2D eigenvalue weighted by Gasteiger charge is -2.52. The summed E-state index contributed by atoms with van der Waals surface area (Å²) in [6.07, 6.45) is 3.55. The van der Waals surface area contributed by atoms with E-state index in [0.29, 0.717) is 13.0 Å². The molecule has 1 unspecified atom stereocenters. The summed E-state index contributed by atoms with van der Waals surface area (Å²) >= 11 is 0. The first-order valence-corrected chi connectivity index (χ1v) is 7.57. The van der Waals surface area contributed by atoms with Gasteiger partial charge < -0.3 is 14.4 Å². The van der Waals surface area contributed by atoms with E-state index in [1.54, 1.807) is 7.11 Å². The van der Waals surface area contributed by atoms with Crippen LogP contribution < -0.4 is 0 Å². The van der Waals surface area contributed by atoms with Gasteiger partial charge in [0.2, 0.25) is 0 Å². The fourth-order valence-electron chi connectivity index (χ4n) is 4.56. The molecule has 4 nitrogen and oxygen atoms in total. The highest BCUT2D eigenvalue weighted by atomic mass is 16.5. The van der Waals surface area contributed by atoms with Gasteiger partial charge in [0, 0.05) is 50.3 Å². The molecule has 2 aliphatic rings. The van der Waals surface area contributed by atoms with Crippen LogP contribution in [0.15, 0.2) is 24.4 Å². The van der Waals surface area contributed by atoms with E-state index < -0.39 is 5.60 Å². The topological polar surface area (TPSA) is 37.6 Å². The molecule has 1 aliphatic heterocycles. The quantitative estimate of drug-likeness (QED) is 0.866. The summed E-state index contributed by atoms with van der Waals surface area (Å²) in [5.74, 6) is 0. The molecule has 0 radical (unpaired) electrons. The maximum atomic E-state index is 10.3. The Balaban J connectivity index is 2.02. The van der Waals surface area contributed by atoms with Crippen molar-refractivity contribution < 1.29 is 9.84 Å². The van der Waals surface area contributed by atoms with Crippen LogP contribution in [0.3, 0.4) is 0 Å². The van der Waals surface area contributed by atoms with Crippen LogP contribution in [-0.2, 0) is 23.8 Å². The summed E-state index contributed by atoms with van der Waals surface area (Å²) in [7, 11) is 5.98. The molecule has 1 aromatic heterocycles. The lowest BCUT2D eigenvalue weighted by Crippen LogP contribution is -2.60. The molecule has 2 aromatic rings. The van der Waals surface area contributed by atoms with Crippen molar-refractivity contribution in [3.05, 3.63) is 35.5 Å². The summed E-state index contributed by atoms with van der Waals surface area (Å²) < 4.78 is 8.27. The summed E-state index contributed by atoms with van der Waals surface area (Å²) in [5, 5.41) is 11.6. The van der Waals surface area contributed by atoms with Crippen molar-refractivity contribution in [2.75, 3.05) is 20.7 Å². The first-order valence-electron chi connectivity index (χ1n) is 7.57. The number of hydrogen-bond donors (Lipinski definition) is 1. The van der Waals surface area contributed by atoms with Gasteiger partial charge in [-0.25, -0.2) is 0 Å². The van der Waals surface area contributed by atoms with Crippen LogP contribution in [0.4, 0.5) is 0 Å². The molecule has 2 heterocycles. The lowest BCUT2D eigenvalue weighted by molar-refractivity contribution is -0.141. The van der Waals surface area contributed by atoms with Crippen molar-refractivity contribution in [2.45, 2.75) is 30.6 Å². The average Bonchev–Trinajstić information content (AvgIpc) is 2.78. The van der Waals surface area contributed by atoms with E-state index in [4.69, 9.17) is 4.74 Å². The minimum absolute atomic E-state index is 0.284. The molecule has 0 amide bonds. The second-order valence-corrected chi connectivity index (χ2v) is 6.58. The van der Waals surface area contributed by atoms with E-state index >= 15 is 0 Å². The third-order valence-corrected chi connectivity index (χ3v) is 5.43. The minimum Gasteiger partial charge on any atom is -0.392 e. The van der Waals surface area contributed by atoms with Crippen molar-refractivity contribution in [1.29, 1.82) is 0 Å². The van der Waals surface area contributed by atoms with Crippen LogP contribution in [0.25, 0.3) is 10.9 Å². The van der Waals surface area contributed by atoms with Crippen molar-refractivity contribution in [2.24, 2.45) is 7.05 Å². The molecular weight excluding hydrogens is 264 g/mol. The number of aromatic nitrogens is 1. The number of likely N-dealkylation sites (N-methyl/N-ethyl adjacent to an activating group) is 1. The van der Waals surface area contributed by atoms with Crippen molar-refractivity contribution in [1.82, 2.24) is 9.47 Å². The van der Waals surface area contributed by atoms with Gasteiger partial charge in [0.25, 0.3) is 0 Å². The normalized spacial score (nSPS) is 32.4. The van der Waals surface area contributed by atoms with Gasteiger partial charge in [0.15, 0.2) is 0 Å². The monoisotopic (exact) mass is 286 g/mol. The number of β-amino-alcohol motifs (C(OH)–C–C–N with tert-alkyl or cyclic N) is 1. The van der Waals surface area contributed by atoms with Crippen LogP contribution in [0, 0.1) is 0 Å². The van der Waals surface area contributed by atoms with E-state index in [2.05, 4.69) is 48.0 Å². The third-order valence-electron chi connectivity index (χ3n) is 5.43. The Bertz CT molecular complexity index is 708. The number of methoxy groups -OCH3 is 1. The molecule has 112 valence electrons. The zero-order valence-corrected chi connectivity index (χ0v) is 12.8. The average molecular weight is 286 g/mol. The first-order chi connectivity index (χ1) is 10.1. The molecule has 1 aliphatic carbocycles. The maximum absolute atomic E-state index is 10.3. The van der Waals surface area contributed by atoms with E-state index in [9.17, 15) is 5.11 Å². The number of hydrogen-bond acceptors (Lipinski definition) is 3.